The van der Waals surface area contributed by atoms with Gasteiger partial charge in [-0.15, -0.1) is 0 Å². The Bertz CT molecular complexity index is 779. The second-order valence-electron chi connectivity index (χ2n) is 9.22. The first-order chi connectivity index (χ1) is 14.4. The Kier molecular flexibility index (Phi) is 8.06. The van der Waals surface area contributed by atoms with E-state index in [1.54, 1.807) is 36.1 Å². The summed E-state index contributed by atoms with van der Waals surface area (Å²) in [5.41, 5.74) is -1.08. The lowest BCUT2D eigenvalue weighted by Crippen LogP contribution is -2.66. The highest BCUT2D eigenvalue weighted by atomic mass is 16.5. The van der Waals surface area contributed by atoms with Crippen molar-refractivity contribution >= 4 is 17.8 Å². The molecule has 1 saturated heterocycles. The topological polar surface area (TPSA) is 99.2 Å². The van der Waals surface area contributed by atoms with E-state index < -0.39 is 17.0 Å². The molecule has 1 atom stereocenters. The van der Waals surface area contributed by atoms with Crippen molar-refractivity contribution in [1.82, 2.24) is 15.1 Å². The standard InChI is InChI=1S/C23H35N3O5/c1-17(27)18-7-9-19(10-8-18)31-16-6-11-25-12-14-26(15-13-25)20(28)23(5,22(2,3)4)24-21(29)30/h7-10,24H,6,11-16H2,1-5H3,(H,29,30)/t23-/m0/s1. The summed E-state index contributed by atoms with van der Waals surface area (Å²) in [5.74, 6) is 0.595. The monoisotopic (exact) mass is 433 g/mol. The molecule has 0 radical (unpaired) electrons. The van der Waals surface area contributed by atoms with E-state index in [4.69, 9.17) is 4.74 Å². The molecule has 1 aromatic rings. The van der Waals surface area contributed by atoms with Gasteiger partial charge in [0, 0.05) is 38.3 Å². The summed E-state index contributed by atoms with van der Waals surface area (Å²) in [6, 6.07) is 7.13. The Morgan fingerprint density at radius 3 is 2.10 bits per heavy atom. The molecular formula is C23H35N3O5. The normalized spacial score (nSPS) is 17.0. The average molecular weight is 434 g/mol. The molecule has 2 N–H and O–H groups in total. The SMILES string of the molecule is CC(=O)c1ccc(OCCCN2CCN(C(=O)[C@](C)(NC(=O)O)C(C)(C)C)CC2)cc1. The largest absolute Gasteiger partial charge is 0.494 e. The number of carbonyl (C=O) groups is 3. The molecule has 8 nitrogen and oxygen atoms in total. The van der Waals surface area contributed by atoms with Crippen LogP contribution in [-0.4, -0.2) is 77.6 Å². The minimum absolute atomic E-state index is 0.0331. The van der Waals surface area contributed by atoms with Crippen LogP contribution in [0, 0.1) is 5.41 Å². The zero-order chi connectivity index (χ0) is 23.2. The maximum atomic E-state index is 13.1. The van der Waals surface area contributed by atoms with Crippen molar-refractivity contribution in [2.24, 2.45) is 5.41 Å². The van der Waals surface area contributed by atoms with Crippen LogP contribution in [0.25, 0.3) is 0 Å². The molecule has 31 heavy (non-hydrogen) atoms. The van der Waals surface area contributed by atoms with Crippen molar-refractivity contribution in [1.29, 1.82) is 0 Å². The van der Waals surface area contributed by atoms with Crippen molar-refractivity contribution in [3.8, 4) is 5.75 Å². The van der Waals surface area contributed by atoms with Gasteiger partial charge in [0.1, 0.15) is 11.3 Å². The minimum atomic E-state index is -1.19. The highest BCUT2D eigenvalue weighted by molar-refractivity contribution is 5.94. The van der Waals surface area contributed by atoms with Crippen molar-refractivity contribution < 1.29 is 24.2 Å². The van der Waals surface area contributed by atoms with Gasteiger partial charge >= 0.3 is 6.09 Å². The second kappa shape index (κ2) is 10.1. The predicted molar refractivity (Wildman–Crippen MR) is 119 cm³/mol. The molecule has 1 heterocycles. The quantitative estimate of drug-likeness (QED) is 0.483. The number of benzene rings is 1. The molecule has 0 aliphatic carbocycles. The summed E-state index contributed by atoms with van der Waals surface area (Å²) >= 11 is 0. The van der Waals surface area contributed by atoms with Crippen LogP contribution < -0.4 is 10.1 Å². The molecule has 0 unspecified atom stereocenters. The number of nitrogens with one attached hydrogen (secondary N) is 1. The molecule has 1 fully saturated rings. The van der Waals surface area contributed by atoms with Crippen molar-refractivity contribution in [3.63, 3.8) is 0 Å². The highest BCUT2D eigenvalue weighted by Crippen LogP contribution is 2.32. The molecule has 2 rings (SSSR count). The van der Waals surface area contributed by atoms with Crippen molar-refractivity contribution in [2.45, 2.75) is 46.6 Å². The number of Topliss-reactive ketones (excluding diaryl/α,β-unsaturated/α-hetero) is 1. The van der Waals surface area contributed by atoms with Crippen LogP contribution in [0.15, 0.2) is 24.3 Å². The van der Waals surface area contributed by atoms with Gasteiger partial charge in [0.25, 0.3) is 0 Å². The van der Waals surface area contributed by atoms with E-state index in [0.29, 0.717) is 25.3 Å². The summed E-state index contributed by atoms with van der Waals surface area (Å²) in [6.07, 6.45) is -0.344. The Morgan fingerprint density at radius 2 is 1.61 bits per heavy atom. The lowest BCUT2D eigenvalue weighted by molar-refractivity contribution is -0.143. The van der Waals surface area contributed by atoms with Gasteiger partial charge in [-0.2, -0.15) is 0 Å². The first kappa shape index (κ1) is 24.7. The van der Waals surface area contributed by atoms with E-state index in [2.05, 4.69) is 10.2 Å². The third-order valence-electron chi connectivity index (χ3n) is 6.09. The van der Waals surface area contributed by atoms with Gasteiger partial charge in [0.05, 0.1) is 6.61 Å². The fraction of sp³-hybridized carbons (Fsp3) is 0.609. The number of carbonyl (C=O) groups excluding carboxylic acids is 2. The molecule has 2 amide bonds. The molecule has 1 aliphatic rings. The first-order valence-corrected chi connectivity index (χ1v) is 10.7. The molecule has 8 heteroatoms. The Labute approximate surface area is 184 Å². The number of nitrogens with zero attached hydrogens (tertiary/aromatic N) is 2. The molecule has 0 spiro atoms. The zero-order valence-corrected chi connectivity index (χ0v) is 19.2. The number of hydrogen-bond donors (Lipinski definition) is 2. The molecule has 1 aromatic carbocycles. The molecule has 1 aliphatic heterocycles. The van der Waals surface area contributed by atoms with Gasteiger partial charge in [0.2, 0.25) is 5.91 Å². The minimum Gasteiger partial charge on any atom is -0.494 e. The van der Waals surface area contributed by atoms with Gasteiger partial charge in [-0.25, -0.2) is 4.79 Å². The fourth-order valence-electron chi connectivity index (χ4n) is 3.53. The van der Waals surface area contributed by atoms with E-state index in [1.807, 2.05) is 20.8 Å². The van der Waals surface area contributed by atoms with Gasteiger partial charge in [-0.3, -0.25) is 14.5 Å². The molecule has 0 bridgehead atoms. The Hall–Kier alpha value is -2.61. The van der Waals surface area contributed by atoms with Crippen LogP contribution >= 0.6 is 0 Å². The maximum absolute atomic E-state index is 13.1. The number of rotatable bonds is 8. The number of carboxylic acid groups (broad SMARTS) is 1. The predicted octanol–water partition coefficient (Wildman–Crippen LogP) is 2.87. The van der Waals surface area contributed by atoms with E-state index >= 15 is 0 Å². The van der Waals surface area contributed by atoms with Crippen LogP contribution in [0.4, 0.5) is 4.79 Å². The number of amides is 2. The van der Waals surface area contributed by atoms with E-state index in [1.165, 1.54) is 6.92 Å². The van der Waals surface area contributed by atoms with Crippen LogP contribution in [0.1, 0.15) is 51.4 Å². The number of piperazine rings is 1. The summed E-state index contributed by atoms with van der Waals surface area (Å²) in [5, 5.41) is 11.7. The van der Waals surface area contributed by atoms with Crippen LogP contribution in [0.5, 0.6) is 5.75 Å². The Balaban J connectivity index is 1.78. The van der Waals surface area contributed by atoms with E-state index in [0.717, 1.165) is 31.8 Å². The summed E-state index contributed by atoms with van der Waals surface area (Å²) in [7, 11) is 0. The Morgan fingerprint density at radius 1 is 1.03 bits per heavy atom. The number of ether oxygens (including phenoxy) is 1. The first-order valence-electron chi connectivity index (χ1n) is 10.7. The third-order valence-corrected chi connectivity index (χ3v) is 6.09. The summed E-state index contributed by atoms with van der Waals surface area (Å²) < 4.78 is 5.74. The molecular weight excluding hydrogens is 398 g/mol. The second-order valence-corrected chi connectivity index (χ2v) is 9.22. The molecule has 0 saturated carbocycles. The summed E-state index contributed by atoms with van der Waals surface area (Å²) in [6.45, 7) is 12.9. The lowest BCUT2D eigenvalue weighted by atomic mass is 9.73. The van der Waals surface area contributed by atoms with E-state index in [9.17, 15) is 19.5 Å². The average Bonchev–Trinajstić information content (AvgIpc) is 2.70. The number of ketones is 1. The molecule has 0 aromatic heterocycles. The van der Waals surface area contributed by atoms with Crippen molar-refractivity contribution in [3.05, 3.63) is 29.8 Å². The van der Waals surface area contributed by atoms with Crippen molar-refractivity contribution in [2.75, 3.05) is 39.3 Å². The fourth-order valence-corrected chi connectivity index (χ4v) is 3.53. The number of hydrogen-bond acceptors (Lipinski definition) is 5. The van der Waals surface area contributed by atoms with Crippen LogP contribution in [0.2, 0.25) is 0 Å². The smallest absolute Gasteiger partial charge is 0.405 e. The van der Waals surface area contributed by atoms with E-state index in [-0.39, 0.29) is 11.7 Å². The van der Waals surface area contributed by atoms with Gasteiger partial charge < -0.3 is 20.1 Å². The van der Waals surface area contributed by atoms with Crippen LogP contribution in [-0.2, 0) is 4.79 Å². The third kappa shape index (κ3) is 6.43. The molecule has 172 valence electrons. The van der Waals surface area contributed by atoms with Gasteiger partial charge in [-0.1, -0.05) is 20.8 Å². The van der Waals surface area contributed by atoms with Crippen LogP contribution in [0.3, 0.4) is 0 Å². The van der Waals surface area contributed by atoms with Gasteiger partial charge in [-0.05, 0) is 49.9 Å². The highest BCUT2D eigenvalue weighted by Gasteiger charge is 2.48. The summed E-state index contributed by atoms with van der Waals surface area (Å²) in [4.78, 5) is 39.8. The lowest BCUT2D eigenvalue weighted by Gasteiger charge is -2.45. The zero-order valence-electron chi connectivity index (χ0n) is 19.2. The maximum Gasteiger partial charge on any atom is 0.405 e. The van der Waals surface area contributed by atoms with Gasteiger partial charge in [0.15, 0.2) is 5.78 Å².